The molecule has 0 spiro atoms. The molecule has 0 aliphatic heterocycles. The quantitative estimate of drug-likeness (QED) is 0.720. The number of hydrogen-bond donors (Lipinski definition) is 2. The van der Waals surface area contributed by atoms with Gasteiger partial charge in [-0.1, -0.05) is 37.3 Å². The van der Waals surface area contributed by atoms with E-state index >= 15 is 0 Å². The van der Waals surface area contributed by atoms with Gasteiger partial charge in [0.1, 0.15) is 0 Å². The van der Waals surface area contributed by atoms with Gasteiger partial charge in [0.2, 0.25) is 10.0 Å². The number of primary sulfonamides is 1. The topological polar surface area (TPSA) is 72.2 Å². The molecule has 5 heteroatoms. The Morgan fingerprint density at radius 1 is 1.31 bits per heavy atom. The van der Waals surface area contributed by atoms with E-state index in [2.05, 4.69) is 24.4 Å². The molecular weight excluding hydrogens is 224 g/mol. The molecule has 0 bridgehead atoms. The minimum Gasteiger partial charge on any atom is -0.315 e. The first-order valence-corrected chi connectivity index (χ1v) is 6.97. The predicted octanol–water partition coefficient (Wildman–Crippen LogP) is 0.668. The minimum absolute atomic E-state index is 0.0193. The van der Waals surface area contributed by atoms with Crippen LogP contribution in [0.15, 0.2) is 30.3 Å². The van der Waals surface area contributed by atoms with Crippen molar-refractivity contribution >= 4 is 10.0 Å². The Hall–Kier alpha value is -0.910. The van der Waals surface area contributed by atoms with Gasteiger partial charge in [-0.05, 0) is 11.5 Å². The standard InChI is InChI=1S/C11H18N2O2S/c1-10(11-5-3-2-4-6-11)9-13-7-8-16(12,14)15/h2-6,10,13H,7-9H2,1H3,(H2,12,14,15). The third-order valence-corrected chi connectivity index (χ3v) is 3.16. The second-order valence-corrected chi connectivity index (χ2v) is 5.62. The molecular formula is C11H18N2O2S. The fraction of sp³-hybridized carbons (Fsp3) is 0.455. The van der Waals surface area contributed by atoms with Crippen LogP contribution in [0.2, 0.25) is 0 Å². The van der Waals surface area contributed by atoms with Gasteiger partial charge in [0, 0.05) is 13.1 Å². The maximum Gasteiger partial charge on any atom is 0.210 e. The van der Waals surface area contributed by atoms with Crippen LogP contribution in [0.4, 0.5) is 0 Å². The van der Waals surface area contributed by atoms with Gasteiger partial charge in [-0.25, -0.2) is 13.6 Å². The number of benzene rings is 1. The van der Waals surface area contributed by atoms with Crippen molar-refractivity contribution in [2.24, 2.45) is 5.14 Å². The SMILES string of the molecule is CC(CNCCS(N)(=O)=O)c1ccccc1. The van der Waals surface area contributed by atoms with E-state index in [1.807, 2.05) is 18.2 Å². The molecule has 0 radical (unpaired) electrons. The zero-order valence-electron chi connectivity index (χ0n) is 9.39. The van der Waals surface area contributed by atoms with E-state index in [1.54, 1.807) is 0 Å². The summed E-state index contributed by atoms with van der Waals surface area (Å²) >= 11 is 0. The fourth-order valence-corrected chi connectivity index (χ4v) is 1.86. The summed E-state index contributed by atoms with van der Waals surface area (Å²) < 4.78 is 21.4. The molecule has 1 unspecified atom stereocenters. The van der Waals surface area contributed by atoms with Crippen LogP contribution < -0.4 is 10.5 Å². The number of sulfonamides is 1. The lowest BCUT2D eigenvalue weighted by Crippen LogP contribution is -2.29. The Kier molecular flexibility index (Phi) is 4.92. The van der Waals surface area contributed by atoms with E-state index in [1.165, 1.54) is 5.56 Å². The number of nitrogens with one attached hydrogen (secondary N) is 1. The van der Waals surface area contributed by atoms with Gasteiger partial charge in [-0.15, -0.1) is 0 Å². The van der Waals surface area contributed by atoms with Gasteiger partial charge in [0.15, 0.2) is 0 Å². The summed E-state index contributed by atoms with van der Waals surface area (Å²) in [6, 6.07) is 10.1. The molecule has 0 saturated carbocycles. The summed E-state index contributed by atoms with van der Waals surface area (Å²) in [5, 5.41) is 7.98. The molecule has 0 aromatic heterocycles. The molecule has 0 amide bonds. The highest BCUT2D eigenvalue weighted by Gasteiger charge is 2.05. The third-order valence-electron chi connectivity index (χ3n) is 2.38. The van der Waals surface area contributed by atoms with Crippen molar-refractivity contribution in [2.45, 2.75) is 12.8 Å². The van der Waals surface area contributed by atoms with Crippen LogP contribution in [0.5, 0.6) is 0 Å². The molecule has 1 atom stereocenters. The Labute approximate surface area is 96.9 Å². The number of hydrogen-bond acceptors (Lipinski definition) is 3. The van der Waals surface area contributed by atoms with Gasteiger partial charge in [0.25, 0.3) is 0 Å². The van der Waals surface area contributed by atoms with Crippen molar-refractivity contribution in [1.82, 2.24) is 5.32 Å². The van der Waals surface area contributed by atoms with Crippen LogP contribution in [-0.4, -0.2) is 27.3 Å². The first-order chi connectivity index (χ1) is 7.49. The van der Waals surface area contributed by atoms with Crippen molar-refractivity contribution in [3.8, 4) is 0 Å². The molecule has 4 nitrogen and oxygen atoms in total. The van der Waals surface area contributed by atoms with Crippen LogP contribution in [0.3, 0.4) is 0 Å². The second-order valence-electron chi connectivity index (χ2n) is 3.88. The van der Waals surface area contributed by atoms with E-state index in [-0.39, 0.29) is 5.75 Å². The summed E-state index contributed by atoms with van der Waals surface area (Å²) in [5.74, 6) is 0.343. The van der Waals surface area contributed by atoms with Crippen LogP contribution in [0, 0.1) is 0 Å². The maximum absolute atomic E-state index is 10.7. The Balaban J connectivity index is 2.29. The van der Waals surface area contributed by atoms with Gasteiger partial charge in [-0.3, -0.25) is 0 Å². The number of rotatable bonds is 6. The lowest BCUT2D eigenvalue weighted by Gasteiger charge is -2.12. The molecule has 0 fully saturated rings. The van der Waals surface area contributed by atoms with E-state index in [0.717, 1.165) is 6.54 Å². The zero-order chi connectivity index (χ0) is 12.0. The van der Waals surface area contributed by atoms with Crippen molar-refractivity contribution in [3.05, 3.63) is 35.9 Å². The third kappa shape index (κ3) is 5.25. The van der Waals surface area contributed by atoms with Crippen molar-refractivity contribution in [3.63, 3.8) is 0 Å². The van der Waals surface area contributed by atoms with Gasteiger partial charge in [-0.2, -0.15) is 0 Å². The first kappa shape index (κ1) is 13.2. The molecule has 90 valence electrons. The largest absolute Gasteiger partial charge is 0.315 e. The highest BCUT2D eigenvalue weighted by Crippen LogP contribution is 2.12. The van der Waals surface area contributed by atoms with Crippen LogP contribution in [0.1, 0.15) is 18.4 Å². The second kappa shape index (κ2) is 5.98. The Morgan fingerprint density at radius 3 is 2.50 bits per heavy atom. The van der Waals surface area contributed by atoms with Crippen molar-refractivity contribution in [1.29, 1.82) is 0 Å². The molecule has 1 aromatic rings. The molecule has 0 saturated heterocycles. The predicted molar refractivity (Wildman–Crippen MR) is 65.7 cm³/mol. The first-order valence-electron chi connectivity index (χ1n) is 5.25. The summed E-state index contributed by atoms with van der Waals surface area (Å²) in [5.41, 5.74) is 1.24. The van der Waals surface area contributed by atoms with E-state index in [4.69, 9.17) is 5.14 Å². The van der Waals surface area contributed by atoms with Gasteiger partial charge in [0.05, 0.1) is 5.75 Å². The van der Waals surface area contributed by atoms with E-state index in [0.29, 0.717) is 12.5 Å². The highest BCUT2D eigenvalue weighted by molar-refractivity contribution is 7.89. The monoisotopic (exact) mass is 242 g/mol. The number of nitrogens with two attached hydrogens (primary N) is 1. The van der Waals surface area contributed by atoms with E-state index < -0.39 is 10.0 Å². The van der Waals surface area contributed by atoms with Crippen LogP contribution in [-0.2, 0) is 10.0 Å². The molecule has 1 aromatic carbocycles. The smallest absolute Gasteiger partial charge is 0.210 e. The lowest BCUT2D eigenvalue weighted by molar-refractivity contribution is 0.586. The Morgan fingerprint density at radius 2 is 1.94 bits per heavy atom. The van der Waals surface area contributed by atoms with Gasteiger partial charge >= 0.3 is 0 Å². The average molecular weight is 242 g/mol. The molecule has 3 N–H and O–H groups in total. The van der Waals surface area contributed by atoms with Crippen LogP contribution >= 0.6 is 0 Å². The maximum atomic E-state index is 10.7. The summed E-state index contributed by atoms with van der Waals surface area (Å²) in [7, 11) is -3.35. The molecule has 0 aliphatic carbocycles. The normalized spacial score (nSPS) is 13.6. The molecule has 0 heterocycles. The minimum atomic E-state index is -3.35. The molecule has 1 rings (SSSR count). The van der Waals surface area contributed by atoms with Crippen molar-refractivity contribution < 1.29 is 8.42 Å². The Bertz CT molecular complexity index is 403. The average Bonchev–Trinajstić information content (AvgIpc) is 2.24. The van der Waals surface area contributed by atoms with Gasteiger partial charge < -0.3 is 5.32 Å². The fourth-order valence-electron chi connectivity index (χ4n) is 1.43. The van der Waals surface area contributed by atoms with E-state index in [9.17, 15) is 8.42 Å². The summed E-state index contributed by atoms with van der Waals surface area (Å²) in [6.45, 7) is 3.24. The van der Waals surface area contributed by atoms with Crippen LogP contribution in [0.25, 0.3) is 0 Å². The van der Waals surface area contributed by atoms with Crippen molar-refractivity contribution in [2.75, 3.05) is 18.8 Å². The highest BCUT2D eigenvalue weighted by atomic mass is 32.2. The zero-order valence-corrected chi connectivity index (χ0v) is 10.2. The summed E-state index contributed by atoms with van der Waals surface area (Å²) in [6.07, 6.45) is 0. The summed E-state index contributed by atoms with van der Waals surface area (Å²) in [4.78, 5) is 0. The molecule has 0 aliphatic rings. The lowest BCUT2D eigenvalue weighted by atomic mass is 10.0. The molecule has 16 heavy (non-hydrogen) atoms.